The van der Waals surface area contributed by atoms with Gasteiger partial charge in [0.2, 0.25) is 5.95 Å². The summed E-state index contributed by atoms with van der Waals surface area (Å²) in [5.41, 5.74) is 11.2. The summed E-state index contributed by atoms with van der Waals surface area (Å²) in [4.78, 5) is 10.6. The summed E-state index contributed by atoms with van der Waals surface area (Å²) in [5.74, 6) is 0.664. The zero-order valence-electron chi connectivity index (χ0n) is 30.1. The van der Waals surface area contributed by atoms with E-state index in [1.807, 2.05) is 0 Å². The monoisotopic (exact) mass is 710 g/mol. The number of hydrogen-bond acceptors (Lipinski definition) is 2. The van der Waals surface area contributed by atoms with E-state index in [-0.39, 0.29) is 0 Å². The second kappa shape index (κ2) is 11.0. The first-order valence-corrected chi connectivity index (χ1v) is 19.2. The van der Waals surface area contributed by atoms with Crippen molar-refractivity contribution in [2.75, 3.05) is 0 Å². The molecule has 0 fully saturated rings. The Bertz CT molecular complexity index is 3770. The van der Waals surface area contributed by atoms with Gasteiger partial charge in [-0.15, -0.1) is 0 Å². The first kappa shape index (κ1) is 29.8. The van der Waals surface area contributed by atoms with Crippen molar-refractivity contribution in [1.29, 1.82) is 0 Å². The van der Waals surface area contributed by atoms with Crippen LogP contribution in [0.25, 0.3) is 121 Å². The smallest absolute Gasteiger partial charge is 0.235 e. The van der Waals surface area contributed by atoms with Crippen LogP contribution < -0.4 is 0 Å². The maximum atomic E-state index is 5.37. The number of fused-ring (bicyclic) bond motifs is 13. The fraction of sp³-hybridized carbons (Fsp3) is 0. The highest BCUT2D eigenvalue weighted by Crippen LogP contribution is 2.44. The average Bonchev–Trinajstić information content (AvgIpc) is 3.90. The summed E-state index contributed by atoms with van der Waals surface area (Å²) < 4.78 is 4.71. The van der Waals surface area contributed by atoms with Crippen LogP contribution in [-0.4, -0.2) is 18.9 Å². The van der Waals surface area contributed by atoms with Crippen molar-refractivity contribution < 1.29 is 0 Å². The number of para-hydroxylation sites is 3. The number of rotatable bonds is 3. The Morgan fingerprint density at radius 2 is 0.929 bits per heavy atom. The number of nitrogens with zero attached hydrogens (tertiary/aromatic N) is 4. The zero-order chi connectivity index (χ0) is 36.5. The minimum absolute atomic E-state index is 0.664. The van der Waals surface area contributed by atoms with Gasteiger partial charge in [0.15, 0.2) is 0 Å². The molecule has 0 radical (unpaired) electrons. The van der Waals surface area contributed by atoms with Gasteiger partial charge in [0.1, 0.15) is 0 Å². The molecular weight excluding hydrogens is 681 g/mol. The van der Waals surface area contributed by atoms with Gasteiger partial charge in [-0.05, 0) is 87.3 Å². The van der Waals surface area contributed by atoms with Crippen LogP contribution in [0, 0.1) is 0 Å². The summed E-state index contributed by atoms with van der Waals surface area (Å²) in [5, 5.41) is 13.5. The third kappa shape index (κ3) is 4.02. The highest BCUT2D eigenvalue weighted by Gasteiger charge is 2.21. The largest absolute Gasteiger partial charge is 0.308 e. The Hall–Kier alpha value is -7.56. The fourth-order valence-electron chi connectivity index (χ4n) is 9.51. The third-order valence-electron chi connectivity index (χ3n) is 12.0. The van der Waals surface area contributed by atoms with Gasteiger partial charge in [0.25, 0.3) is 0 Å². The lowest BCUT2D eigenvalue weighted by atomic mass is 9.97. The molecule has 4 aromatic heterocycles. The number of aromatic nitrogens is 4. The van der Waals surface area contributed by atoms with Gasteiger partial charge < -0.3 is 4.40 Å². The molecule has 0 saturated carbocycles. The fourth-order valence-corrected chi connectivity index (χ4v) is 9.51. The maximum Gasteiger partial charge on any atom is 0.235 e. The molecule has 9 aromatic carbocycles. The van der Waals surface area contributed by atoms with Crippen LogP contribution in [-0.2, 0) is 0 Å². The van der Waals surface area contributed by atoms with Crippen molar-refractivity contribution in [3.8, 4) is 28.3 Å². The zero-order valence-corrected chi connectivity index (χ0v) is 30.1. The lowest BCUT2D eigenvalue weighted by Gasteiger charge is -2.12. The quantitative estimate of drug-likeness (QED) is 0.183. The molecule has 0 atom stereocenters. The molecular formula is C52H30N4. The molecule has 56 heavy (non-hydrogen) atoms. The van der Waals surface area contributed by atoms with E-state index in [4.69, 9.17) is 9.97 Å². The van der Waals surface area contributed by atoms with E-state index in [9.17, 15) is 0 Å². The molecule has 0 N–H and O–H groups in total. The predicted octanol–water partition coefficient (Wildman–Crippen LogP) is 13.5. The van der Waals surface area contributed by atoms with Gasteiger partial charge >= 0.3 is 0 Å². The molecule has 0 saturated heterocycles. The molecule has 4 heteroatoms. The SMILES string of the molecule is c1ccc2cc(-c3nc(-n4c5ccccc5c5cc(-c6ccc7c(c6)c6c8ccccc8cc8c9ccccc9n7c86)ccc54)nc4ccccc34)ccc2c1. The highest BCUT2D eigenvalue weighted by atomic mass is 15.2. The molecule has 0 aliphatic heterocycles. The molecule has 0 amide bonds. The Morgan fingerprint density at radius 3 is 1.77 bits per heavy atom. The molecule has 0 bridgehead atoms. The van der Waals surface area contributed by atoms with Crippen LogP contribution in [0.3, 0.4) is 0 Å². The van der Waals surface area contributed by atoms with E-state index in [0.29, 0.717) is 5.95 Å². The van der Waals surface area contributed by atoms with Gasteiger partial charge in [-0.25, -0.2) is 9.97 Å². The van der Waals surface area contributed by atoms with E-state index >= 15 is 0 Å². The van der Waals surface area contributed by atoms with Crippen molar-refractivity contribution in [2.24, 2.45) is 0 Å². The van der Waals surface area contributed by atoms with Gasteiger partial charge in [0.05, 0.1) is 38.8 Å². The minimum atomic E-state index is 0.664. The van der Waals surface area contributed by atoms with Crippen molar-refractivity contribution >= 4 is 92.3 Å². The molecule has 0 aliphatic carbocycles. The molecule has 4 nitrogen and oxygen atoms in total. The Balaban J connectivity index is 1.04. The maximum absolute atomic E-state index is 5.37. The third-order valence-corrected chi connectivity index (χ3v) is 12.0. The average molecular weight is 711 g/mol. The number of benzene rings is 9. The van der Waals surface area contributed by atoms with Crippen molar-refractivity contribution in [3.05, 3.63) is 182 Å². The second-order valence-corrected chi connectivity index (χ2v) is 15.0. The van der Waals surface area contributed by atoms with Crippen molar-refractivity contribution in [2.45, 2.75) is 0 Å². The predicted molar refractivity (Wildman–Crippen MR) is 234 cm³/mol. The molecule has 13 aromatic rings. The van der Waals surface area contributed by atoms with Crippen LogP contribution in [0.5, 0.6) is 0 Å². The topological polar surface area (TPSA) is 35.1 Å². The van der Waals surface area contributed by atoms with E-state index in [2.05, 4.69) is 191 Å². The van der Waals surface area contributed by atoms with Crippen LogP contribution in [0.4, 0.5) is 0 Å². The normalized spacial score (nSPS) is 12.3. The Morgan fingerprint density at radius 1 is 0.339 bits per heavy atom. The molecule has 0 spiro atoms. The van der Waals surface area contributed by atoms with Crippen molar-refractivity contribution in [1.82, 2.24) is 18.9 Å². The van der Waals surface area contributed by atoms with E-state index < -0.39 is 0 Å². The highest BCUT2D eigenvalue weighted by molar-refractivity contribution is 6.31. The molecule has 258 valence electrons. The lowest BCUT2D eigenvalue weighted by Crippen LogP contribution is -2.03. The summed E-state index contributed by atoms with van der Waals surface area (Å²) >= 11 is 0. The number of hydrogen-bond donors (Lipinski definition) is 0. The summed E-state index contributed by atoms with van der Waals surface area (Å²) in [6.45, 7) is 0. The standard InChI is InChI=1S/C52H30N4/c1-2-12-32-27-36(22-21-31(32)11-1)50-40-17-5-8-18-44(40)53-52(54-50)56-46-20-10-6-15-38(46)41-28-33(23-25-47(41)56)34-24-26-48-43(29-34)49-37-14-4-3-13-35(37)30-42-39-16-7-9-19-45(39)55(48)51(42)49/h1-30H. The Kier molecular flexibility index (Phi) is 5.86. The molecule has 0 aliphatic rings. The van der Waals surface area contributed by atoms with Crippen LogP contribution in [0.15, 0.2) is 182 Å². The van der Waals surface area contributed by atoms with Gasteiger partial charge in [-0.3, -0.25) is 4.57 Å². The van der Waals surface area contributed by atoms with Crippen LogP contribution >= 0.6 is 0 Å². The van der Waals surface area contributed by atoms with Crippen molar-refractivity contribution in [3.63, 3.8) is 0 Å². The van der Waals surface area contributed by atoms with Crippen LogP contribution in [0.1, 0.15) is 0 Å². The minimum Gasteiger partial charge on any atom is -0.308 e. The Labute approximate surface area is 320 Å². The first-order chi connectivity index (χ1) is 27.8. The van der Waals surface area contributed by atoms with Gasteiger partial charge in [-0.2, -0.15) is 0 Å². The second-order valence-electron chi connectivity index (χ2n) is 15.0. The van der Waals surface area contributed by atoms with E-state index in [0.717, 1.165) is 33.2 Å². The summed E-state index contributed by atoms with van der Waals surface area (Å²) in [6, 6.07) is 65.9. The summed E-state index contributed by atoms with van der Waals surface area (Å²) in [7, 11) is 0. The molecule has 13 rings (SSSR count). The first-order valence-electron chi connectivity index (χ1n) is 19.2. The summed E-state index contributed by atoms with van der Waals surface area (Å²) in [6.07, 6.45) is 0. The van der Waals surface area contributed by atoms with Gasteiger partial charge in [0, 0.05) is 43.3 Å². The van der Waals surface area contributed by atoms with E-state index in [1.165, 1.54) is 81.5 Å². The van der Waals surface area contributed by atoms with E-state index in [1.54, 1.807) is 0 Å². The van der Waals surface area contributed by atoms with Crippen LogP contribution in [0.2, 0.25) is 0 Å². The molecule has 4 heterocycles. The van der Waals surface area contributed by atoms with Gasteiger partial charge in [-0.1, -0.05) is 127 Å². The molecule has 0 unspecified atom stereocenters. The lowest BCUT2D eigenvalue weighted by molar-refractivity contribution is 1.01.